The Morgan fingerprint density at radius 2 is 1.85 bits per heavy atom. The van der Waals surface area contributed by atoms with Crippen LogP contribution in [0, 0.1) is 0 Å². The second-order valence-corrected chi connectivity index (χ2v) is 6.34. The van der Waals surface area contributed by atoms with E-state index in [1.807, 2.05) is 0 Å². The minimum atomic E-state index is -1.44. The standard InChI is InChI=1S/C17H22N2O6.ClH/c1-3-15(19-13(22)6-7-14(19)23)25-16(24)17(2,18)9-10-4-5-11(20)12(21)8-10;/h4-5,8,15,20-21H,3,6-7,9,18H2,1-2H3;1H/t15?,17-;/m0./s1. The Bertz CT molecular complexity index is 690. The van der Waals surface area contributed by atoms with E-state index in [1.54, 1.807) is 6.92 Å². The lowest BCUT2D eigenvalue weighted by Gasteiger charge is -2.29. The summed E-state index contributed by atoms with van der Waals surface area (Å²) in [6.07, 6.45) is -0.456. The first-order valence-corrected chi connectivity index (χ1v) is 8.01. The van der Waals surface area contributed by atoms with E-state index in [-0.39, 0.29) is 61.4 Å². The fourth-order valence-corrected chi connectivity index (χ4v) is 2.67. The van der Waals surface area contributed by atoms with E-state index in [0.29, 0.717) is 5.56 Å². The summed E-state index contributed by atoms with van der Waals surface area (Å²) >= 11 is 0. The maximum atomic E-state index is 12.5. The van der Waals surface area contributed by atoms with Crippen LogP contribution in [0.4, 0.5) is 0 Å². The molecule has 2 amide bonds. The quantitative estimate of drug-likeness (QED) is 0.380. The number of imide groups is 1. The predicted molar refractivity (Wildman–Crippen MR) is 94.6 cm³/mol. The van der Waals surface area contributed by atoms with E-state index in [1.165, 1.54) is 25.1 Å². The number of rotatable bonds is 6. The van der Waals surface area contributed by atoms with Crippen molar-refractivity contribution in [3.63, 3.8) is 0 Å². The van der Waals surface area contributed by atoms with Gasteiger partial charge in [-0.05, 0) is 24.6 Å². The molecule has 1 aliphatic heterocycles. The molecule has 9 heteroatoms. The van der Waals surface area contributed by atoms with Crippen LogP contribution < -0.4 is 5.73 Å². The summed E-state index contributed by atoms with van der Waals surface area (Å²) in [7, 11) is 0. The average Bonchev–Trinajstić information content (AvgIpc) is 2.87. The number of phenols is 2. The second kappa shape index (κ2) is 8.37. The Morgan fingerprint density at radius 1 is 1.27 bits per heavy atom. The van der Waals surface area contributed by atoms with Crippen molar-refractivity contribution in [3.05, 3.63) is 23.8 Å². The molecule has 2 atom stereocenters. The van der Waals surface area contributed by atoms with Crippen LogP contribution in [0.2, 0.25) is 0 Å². The van der Waals surface area contributed by atoms with Gasteiger partial charge in [0, 0.05) is 25.7 Å². The third-order valence-corrected chi connectivity index (χ3v) is 4.05. The molecule has 8 nitrogen and oxygen atoms in total. The van der Waals surface area contributed by atoms with Crippen LogP contribution >= 0.6 is 12.4 Å². The molecule has 1 fully saturated rings. The number of phenolic OH excluding ortho intramolecular Hbond substituents is 2. The molecule has 4 N–H and O–H groups in total. The predicted octanol–water partition coefficient (Wildman–Crippen LogP) is 1.21. The highest BCUT2D eigenvalue weighted by Crippen LogP contribution is 2.27. The van der Waals surface area contributed by atoms with Gasteiger partial charge in [0.1, 0.15) is 5.54 Å². The lowest BCUT2D eigenvalue weighted by atomic mass is 9.94. The van der Waals surface area contributed by atoms with Crippen LogP contribution in [0.5, 0.6) is 11.5 Å². The zero-order valence-corrected chi connectivity index (χ0v) is 15.4. The van der Waals surface area contributed by atoms with Gasteiger partial charge in [0.15, 0.2) is 17.7 Å². The van der Waals surface area contributed by atoms with Gasteiger partial charge in [-0.1, -0.05) is 13.0 Å². The highest BCUT2D eigenvalue weighted by atomic mass is 35.5. The van der Waals surface area contributed by atoms with Gasteiger partial charge in [0.2, 0.25) is 11.8 Å². The number of nitrogens with zero attached hydrogens (tertiary/aromatic N) is 1. The Labute approximate surface area is 157 Å². The molecule has 0 saturated carbocycles. The van der Waals surface area contributed by atoms with Crippen molar-refractivity contribution >= 4 is 30.2 Å². The number of carbonyl (C=O) groups excluding carboxylic acids is 3. The number of ether oxygens (including phenoxy) is 1. The number of halogens is 1. The first-order chi connectivity index (χ1) is 11.7. The molecule has 1 aromatic rings. The number of carbonyl (C=O) groups is 3. The van der Waals surface area contributed by atoms with Gasteiger partial charge in [-0.3, -0.25) is 9.59 Å². The first kappa shape index (κ1) is 21.7. The minimum Gasteiger partial charge on any atom is -0.504 e. The van der Waals surface area contributed by atoms with Crippen LogP contribution in [0.3, 0.4) is 0 Å². The zero-order chi connectivity index (χ0) is 18.8. The molecule has 0 bridgehead atoms. The van der Waals surface area contributed by atoms with Crippen LogP contribution in [0.1, 0.15) is 38.7 Å². The summed E-state index contributed by atoms with van der Waals surface area (Å²) < 4.78 is 5.32. The molecule has 1 aromatic carbocycles. The monoisotopic (exact) mass is 386 g/mol. The van der Waals surface area contributed by atoms with Gasteiger partial charge in [0.05, 0.1) is 0 Å². The molecule has 1 saturated heterocycles. The highest BCUT2D eigenvalue weighted by Gasteiger charge is 2.39. The molecule has 0 spiro atoms. The number of amides is 2. The summed E-state index contributed by atoms with van der Waals surface area (Å²) in [4.78, 5) is 37.0. The summed E-state index contributed by atoms with van der Waals surface area (Å²) in [5, 5.41) is 18.9. The van der Waals surface area contributed by atoms with Crippen molar-refractivity contribution < 1.29 is 29.3 Å². The Morgan fingerprint density at radius 3 is 2.35 bits per heavy atom. The van der Waals surface area contributed by atoms with Crippen molar-refractivity contribution in [2.24, 2.45) is 5.73 Å². The smallest absolute Gasteiger partial charge is 0.328 e. The van der Waals surface area contributed by atoms with Crippen molar-refractivity contribution in [1.29, 1.82) is 0 Å². The van der Waals surface area contributed by atoms with Gasteiger partial charge < -0.3 is 20.7 Å². The largest absolute Gasteiger partial charge is 0.504 e. The minimum absolute atomic E-state index is 0. The van der Waals surface area contributed by atoms with E-state index in [4.69, 9.17) is 10.5 Å². The normalized spacial score (nSPS) is 17.4. The number of likely N-dealkylation sites (tertiary alicyclic amines) is 1. The molecule has 144 valence electrons. The van der Waals surface area contributed by atoms with Crippen molar-refractivity contribution in [2.75, 3.05) is 0 Å². The summed E-state index contributed by atoms with van der Waals surface area (Å²) in [5.74, 6) is -2.10. The molecular formula is C17H23ClN2O6. The summed E-state index contributed by atoms with van der Waals surface area (Å²) in [5.41, 5.74) is 5.13. The number of hydrogen-bond acceptors (Lipinski definition) is 7. The van der Waals surface area contributed by atoms with Gasteiger partial charge in [-0.15, -0.1) is 12.4 Å². The molecule has 1 aliphatic rings. The zero-order valence-electron chi connectivity index (χ0n) is 14.6. The number of aromatic hydroxyl groups is 2. The number of benzene rings is 1. The van der Waals surface area contributed by atoms with Gasteiger partial charge in [-0.2, -0.15) is 0 Å². The first-order valence-electron chi connectivity index (χ1n) is 8.01. The Hall–Kier alpha value is -2.32. The van der Waals surface area contributed by atoms with Crippen LogP contribution in [-0.2, 0) is 25.5 Å². The molecule has 26 heavy (non-hydrogen) atoms. The van der Waals surface area contributed by atoms with Gasteiger partial charge in [-0.25, -0.2) is 9.69 Å². The van der Waals surface area contributed by atoms with Crippen LogP contribution in [0.25, 0.3) is 0 Å². The second-order valence-electron chi connectivity index (χ2n) is 6.34. The Balaban J connectivity index is 0.00000338. The summed E-state index contributed by atoms with van der Waals surface area (Å²) in [6, 6.07) is 4.12. The lowest BCUT2D eigenvalue weighted by molar-refractivity contribution is -0.171. The third-order valence-electron chi connectivity index (χ3n) is 4.05. The average molecular weight is 387 g/mol. The molecule has 0 aliphatic carbocycles. The highest BCUT2D eigenvalue weighted by molar-refractivity contribution is 6.02. The number of hydrogen-bond donors (Lipinski definition) is 3. The van der Waals surface area contributed by atoms with Gasteiger partial charge >= 0.3 is 5.97 Å². The van der Waals surface area contributed by atoms with Crippen molar-refractivity contribution in [1.82, 2.24) is 4.90 Å². The fourth-order valence-electron chi connectivity index (χ4n) is 2.67. The van der Waals surface area contributed by atoms with Crippen molar-refractivity contribution in [3.8, 4) is 11.5 Å². The number of esters is 1. The molecule has 2 rings (SSSR count). The maximum absolute atomic E-state index is 12.5. The van der Waals surface area contributed by atoms with Crippen LogP contribution in [0.15, 0.2) is 18.2 Å². The molecule has 0 aromatic heterocycles. The van der Waals surface area contributed by atoms with E-state index >= 15 is 0 Å². The van der Waals surface area contributed by atoms with Crippen LogP contribution in [-0.4, -0.2) is 44.7 Å². The molecule has 1 heterocycles. The van der Waals surface area contributed by atoms with E-state index in [9.17, 15) is 24.6 Å². The topological polar surface area (TPSA) is 130 Å². The lowest BCUT2D eigenvalue weighted by Crippen LogP contribution is -2.52. The molecular weight excluding hydrogens is 364 g/mol. The molecule has 1 unspecified atom stereocenters. The van der Waals surface area contributed by atoms with Crippen molar-refractivity contribution in [2.45, 2.75) is 51.3 Å². The van der Waals surface area contributed by atoms with E-state index in [2.05, 4.69) is 0 Å². The Kier molecular flexibility index (Phi) is 7.00. The maximum Gasteiger partial charge on any atom is 0.328 e. The number of nitrogens with two attached hydrogens (primary N) is 1. The third kappa shape index (κ3) is 4.64. The van der Waals surface area contributed by atoms with E-state index in [0.717, 1.165) is 4.90 Å². The van der Waals surface area contributed by atoms with E-state index < -0.39 is 17.7 Å². The SMILES string of the molecule is CCC(OC(=O)[C@@](C)(N)Cc1ccc(O)c(O)c1)N1C(=O)CCC1=O.Cl. The molecule has 0 radical (unpaired) electrons. The summed E-state index contributed by atoms with van der Waals surface area (Å²) in [6.45, 7) is 3.16. The fraction of sp³-hybridized carbons (Fsp3) is 0.471. The van der Waals surface area contributed by atoms with Gasteiger partial charge in [0.25, 0.3) is 0 Å².